The van der Waals surface area contributed by atoms with Crippen LogP contribution in [0.15, 0.2) is 23.0 Å². The molecule has 0 spiro atoms. The molecule has 0 fully saturated rings. The molecule has 1 aromatic carbocycles. The second-order valence-electron chi connectivity index (χ2n) is 3.31. The third-order valence-electron chi connectivity index (χ3n) is 2.30. The molecule has 5 nitrogen and oxygen atoms in total. The first-order valence-corrected chi connectivity index (χ1v) is 4.58. The number of aromatic amines is 2. The Balaban J connectivity index is 2.46. The predicted molar refractivity (Wildman–Crippen MR) is 54.9 cm³/mol. The van der Waals surface area contributed by atoms with Crippen molar-refractivity contribution in [1.82, 2.24) is 10.2 Å². The molecule has 1 heterocycles. The molecule has 0 bridgehead atoms. The van der Waals surface area contributed by atoms with Gasteiger partial charge in [0.2, 0.25) is 0 Å². The number of H-pyrrole nitrogens is 2. The van der Waals surface area contributed by atoms with E-state index in [4.69, 9.17) is 5.11 Å². The summed E-state index contributed by atoms with van der Waals surface area (Å²) in [4.78, 5) is 21.8. The van der Waals surface area contributed by atoms with Crippen LogP contribution < -0.4 is 5.56 Å². The first-order valence-electron chi connectivity index (χ1n) is 4.58. The highest BCUT2D eigenvalue weighted by atomic mass is 16.4. The van der Waals surface area contributed by atoms with Crippen molar-refractivity contribution in [3.8, 4) is 0 Å². The smallest absolute Gasteiger partial charge is 0.303 e. The third-order valence-corrected chi connectivity index (χ3v) is 2.30. The molecular weight excluding hydrogens is 196 g/mol. The Morgan fingerprint density at radius 2 is 2.13 bits per heavy atom. The molecule has 3 N–H and O–H groups in total. The standard InChI is InChI=1S/C10H10N2O3/c13-8(14)5-4-6-2-1-3-7-9(6)10(15)12-11-7/h1-3H,4-5H2,(H,13,14)(H2,11,12,15). The number of benzene rings is 1. The Morgan fingerprint density at radius 3 is 2.87 bits per heavy atom. The van der Waals surface area contributed by atoms with Crippen LogP contribution in [0.2, 0.25) is 0 Å². The number of carbonyl (C=O) groups is 1. The van der Waals surface area contributed by atoms with Gasteiger partial charge in [-0.2, -0.15) is 0 Å². The van der Waals surface area contributed by atoms with Crippen LogP contribution in [-0.2, 0) is 11.2 Å². The maximum Gasteiger partial charge on any atom is 0.303 e. The fraction of sp³-hybridized carbons (Fsp3) is 0.200. The minimum absolute atomic E-state index is 0.0315. The van der Waals surface area contributed by atoms with E-state index in [0.717, 1.165) is 5.56 Å². The van der Waals surface area contributed by atoms with E-state index in [1.165, 1.54) is 0 Å². The number of carboxylic acid groups (broad SMARTS) is 1. The molecular formula is C10H10N2O3. The van der Waals surface area contributed by atoms with E-state index in [0.29, 0.717) is 17.3 Å². The van der Waals surface area contributed by atoms with E-state index in [9.17, 15) is 9.59 Å². The summed E-state index contributed by atoms with van der Waals surface area (Å²) in [6.07, 6.45) is 0.400. The lowest BCUT2D eigenvalue weighted by Crippen LogP contribution is -2.03. The van der Waals surface area contributed by atoms with Crippen LogP contribution >= 0.6 is 0 Å². The molecule has 2 rings (SSSR count). The third kappa shape index (κ3) is 1.76. The van der Waals surface area contributed by atoms with Crippen LogP contribution in [0, 0.1) is 0 Å². The van der Waals surface area contributed by atoms with Gasteiger partial charge >= 0.3 is 5.97 Å². The monoisotopic (exact) mass is 206 g/mol. The van der Waals surface area contributed by atoms with Gasteiger partial charge in [0.15, 0.2) is 0 Å². The van der Waals surface area contributed by atoms with Gasteiger partial charge in [-0.1, -0.05) is 12.1 Å². The number of hydrogen-bond donors (Lipinski definition) is 3. The molecule has 5 heteroatoms. The van der Waals surface area contributed by atoms with E-state index >= 15 is 0 Å². The van der Waals surface area contributed by atoms with E-state index in [1.54, 1.807) is 18.2 Å². The minimum atomic E-state index is -0.862. The molecule has 0 aliphatic carbocycles. The van der Waals surface area contributed by atoms with Crippen LogP contribution in [0.25, 0.3) is 10.9 Å². The van der Waals surface area contributed by atoms with Crippen molar-refractivity contribution in [2.45, 2.75) is 12.8 Å². The lowest BCUT2D eigenvalue weighted by Gasteiger charge is -1.98. The Hall–Kier alpha value is -2.04. The van der Waals surface area contributed by atoms with Crippen molar-refractivity contribution >= 4 is 16.9 Å². The van der Waals surface area contributed by atoms with Crippen molar-refractivity contribution in [2.75, 3.05) is 0 Å². The van der Waals surface area contributed by atoms with E-state index in [1.807, 2.05) is 0 Å². The fourth-order valence-electron chi connectivity index (χ4n) is 1.61. The first kappa shape index (κ1) is 9.51. The molecule has 15 heavy (non-hydrogen) atoms. The molecule has 0 unspecified atom stereocenters. The molecule has 0 aliphatic rings. The van der Waals surface area contributed by atoms with Crippen molar-refractivity contribution in [3.05, 3.63) is 34.1 Å². The van der Waals surface area contributed by atoms with Crippen molar-refractivity contribution < 1.29 is 9.90 Å². The summed E-state index contributed by atoms with van der Waals surface area (Å²) in [5, 5.41) is 14.3. The lowest BCUT2D eigenvalue weighted by atomic mass is 10.1. The second kappa shape index (κ2) is 3.61. The topological polar surface area (TPSA) is 85.9 Å². The van der Waals surface area contributed by atoms with Crippen molar-refractivity contribution in [1.29, 1.82) is 0 Å². The van der Waals surface area contributed by atoms with E-state index < -0.39 is 5.97 Å². The zero-order valence-corrected chi connectivity index (χ0v) is 7.91. The number of rotatable bonds is 3. The quantitative estimate of drug-likeness (QED) is 0.696. The van der Waals surface area contributed by atoms with Crippen LogP contribution in [-0.4, -0.2) is 21.3 Å². The molecule has 0 aliphatic heterocycles. The van der Waals surface area contributed by atoms with E-state index in [-0.39, 0.29) is 12.0 Å². The van der Waals surface area contributed by atoms with Gasteiger partial charge in [-0.25, -0.2) is 0 Å². The molecule has 2 aromatic rings. The molecule has 0 saturated carbocycles. The summed E-state index contributed by atoms with van der Waals surface area (Å²) < 4.78 is 0. The minimum Gasteiger partial charge on any atom is -0.481 e. The highest BCUT2D eigenvalue weighted by Gasteiger charge is 2.07. The Labute approximate surface area is 84.7 Å². The molecule has 78 valence electrons. The molecule has 0 amide bonds. The second-order valence-corrected chi connectivity index (χ2v) is 3.31. The number of aliphatic carboxylic acids is 1. The normalized spacial score (nSPS) is 10.7. The Kier molecular flexibility index (Phi) is 2.29. The first-order chi connectivity index (χ1) is 7.18. The van der Waals surface area contributed by atoms with Gasteiger partial charge in [0.25, 0.3) is 5.56 Å². The largest absolute Gasteiger partial charge is 0.481 e. The highest BCUT2D eigenvalue weighted by molar-refractivity contribution is 5.82. The summed E-state index contributed by atoms with van der Waals surface area (Å²) in [6, 6.07) is 5.34. The summed E-state index contributed by atoms with van der Waals surface area (Å²) >= 11 is 0. The number of aryl methyl sites for hydroxylation is 1. The van der Waals surface area contributed by atoms with Gasteiger partial charge in [-0.05, 0) is 18.1 Å². The molecule has 0 radical (unpaired) electrons. The zero-order valence-electron chi connectivity index (χ0n) is 7.91. The number of carboxylic acids is 1. The number of hydrogen-bond acceptors (Lipinski definition) is 2. The van der Waals surface area contributed by atoms with Gasteiger partial charge in [0.05, 0.1) is 10.9 Å². The van der Waals surface area contributed by atoms with Gasteiger partial charge < -0.3 is 5.11 Å². The van der Waals surface area contributed by atoms with Gasteiger partial charge in [-0.3, -0.25) is 19.8 Å². The average Bonchev–Trinajstić information content (AvgIpc) is 2.58. The molecule has 0 saturated heterocycles. The maximum atomic E-state index is 11.4. The predicted octanol–water partition coefficient (Wildman–Crippen LogP) is 0.873. The van der Waals surface area contributed by atoms with Gasteiger partial charge in [-0.15, -0.1) is 0 Å². The van der Waals surface area contributed by atoms with Crippen molar-refractivity contribution in [2.24, 2.45) is 0 Å². The number of fused-ring (bicyclic) bond motifs is 1. The number of aromatic nitrogens is 2. The summed E-state index contributed by atoms with van der Waals surface area (Å²) in [7, 11) is 0. The highest BCUT2D eigenvalue weighted by Crippen LogP contribution is 2.14. The van der Waals surface area contributed by atoms with Gasteiger partial charge in [0, 0.05) is 6.42 Å². The van der Waals surface area contributed by atoms with Crippen LogP contribution in [0.3, 0.4) is 0 Å². The summed E-state index contributed by atoms with van der Waals surface area (Å²) in [6.45, 7) is 0. The molecule has 1 aromatic heterocycles. The van der Waals surface area contributed by atoms with Gasteiger partial charge in [0.1, 0.15) is 0 Å². The summed E-state index contributed by atoms with van der Waals surface area (Å²) in [5.41, 5.74) is 1.27. The molecule has 0 atom stereocenters. The lowest BCUT2D eigenvalue weighted by molar-refractivity contribution is -0.136. The van der Waals surface area contributed by atoms with Crippen LogP contribution in [0.5, 0.6) is 0 Å². The SMILES string of the molecule is O=C(O)CCc1cccc2[nH][nH]c(=O)c12. The number of nitrogens with one attached hydrogen (secondary N) is 2. The Bertz CT molecular complexity index is 553. The van der Waals surface area contributed by atoms with Crippen LogP contribution in [0.4, 0.5) is 0 Å². The zero-order chi connectivity index (χ0) is 10.8. The van der Waals surface area contributed by atoms with Crippen molar-refractivity contribution in [3.63, 3.8) is 0 Å². The maximum absolute atomic E-state index is 11.4. The summed E-state index contributed by atoms with van der Waals surface area (Å²) in [5.74, 6) is -0.862. The van der Waals surface area contributed by atoms with E-state index in [2.05, 4.69) is 10.2 Å². The average molecular weight is 206 g/mol. The Morgan fingerprint density at radius 1 is 1.33 bits per heavy atom. The fourth-order valence-corrected chi connectivity index (χ4v) is 1.61. The van der Waals surface area contributed by atoms with Crippen LogP contribution in [0.1, 0.15) is 12.0 Å².